The van der Waals surface area contributed by atoms with Gasteiger partial charge in [0.25, 0.3) is 11.8 Å². The Morgan fingerprint density at radius 2 is 1.77 bits per heavy atom. The minimum absolute atomic E-state index is 0.154. The normalized spacial score (nSPS) is 20.1. The van der Waals surface area contributed by atoms with Crippen molar-refractivity contribution in [1.29, 1.82) is 0 Å². The molecule has 2 aliphatic rings. The molecule has 2 unspecified atom stereocenters. The molecule has 0 saturated carbocycles. The standard InChI is InChI=1S/C18H11ClF3N5O3/c19-10-5-8(1-3-11(10)20)23-14(28)7-26-16-15(24-25-26)17(29)27(18(16)30)9-2-4-12(21)13(22)6-9/h1-6,15-16H,7H2,(H,23,28). The monoisotopic (exact) mass is 437 g/mol. The molecule has 154 valence electrons. The minimum Gasteiger partial charge on any atom is -0.324 e. The SMILES string of the molecule is O=C(CN1N=NC2C(=O)N(c3ccc(F)c(F)c3)C(=O)C21)Nc1ccc(F)c(Cl)c1. The molecule has 2 atom stereocenters. The number of halogens is 4. The lowest BCUT2D eigenvalue weighted by Crippen LogP contribution is -2.43. The summed E-state index contributed by atoms with van der Waals surface area (Å²) in [6.45, 7) is -0.440. The van der Waals surface area contributed by atoms with Gasteiger partial charge in [0.1, 0.15) is 12.4 Å². The summed E-state index contributed by atoms with van der Waals surface area (Å²) in [7, 11) is 0. The molecule has 30 heavy (non-hydrogen) atoms. The maximum Gasteiger partial charge on any atom is 0.263 e. The zero-order valence-corrected chi connectivity index (χ0v) is 15.6. The number of hydrogen-bond donors (Lipinski definition) is 1. The van der Waals surface area contributed by atoms with Gasteiger partial charge in [-0.05, 0) is 30.3 Å². The number of imide groups is 1. The highest BCUT2D eigenvalue weighted by Crippen LogP contribution is 2.32. The van der Waals surface area contributed by atoms with Gasteiger partial charge in [-0.3, -0.25) is 19.4 Å². The molecule has 8 nitrogen and oxygen atoms in total. The summed E-state index contributed by atoms with van der Waals surface area (Å²) in [6.07, 6.45) is 0. The van der Waals surface area contributed by atoms with Crippen molar-refractivity contribution in [2.75, 3.05) is 16.8 Å². The van der Waals surface area contributed by atoms with E-state index in [2.05, 4.69) is 15.7 Å². The molecule has 3 amide bonds. The Kier molecular flexibility index (Phi) is 4.90. The minimum atomic E-state index is -1.22. The van der Waals surface area contributed by atoms with Crippen molar-refractivity contribution in [3.05, 3.63) is 58.9 Å². The highest BCUT2D eigenvalue weighted by molar-refractivity contribution is 6.31. The molecule has 0 aromatic heterocycles. The Labute approximate surface area is 171 Å². The van der Waals surface area contributed by atoms with Gasteiger partial charge in [-0.25, -0.2) is 18.1 Å². The number of carbonyl (C=O) groups excluding carboxylic acids is 3. The van der Waals surface area contributed by atoms with E-state index in [4.69, 9.17) is 11.6 Å². The third-order valence-corrected chi connectivity index (χ3v) is 4.82. The lowest BCUT2D eigenvalue weighted by molar-refractivity contribution is -0.123. The van der Waals surface area contributed by atoms with Crippen molar-refractivity contribution >= 4 is 40.7 Å². The van der Waals surface area contributed by atoms with Gasteiger partial charge < -0.3 is 5.32 Å². The molecule has 4 rings (SSSR count). The summed E-state index contributed by atoms with van der Waals surface area (Å²) in [4.78, 5) is 38.3. The molecule has 0 radical (unpaired) electrons. The molecule has 0 aliphatic carbocycles. The highest BCUT2D eigenvalue weighted by Gasteiger charge is 2.55. The second kappa shape index (κ2) is 7.41. The fourth-order valence-corrected chi connectivity index (χ4v) is 3.33. The zero-order chi connectivity index (χ0) is 21.6. The maximum absolute atomic E-state index is 13.5. The first-order valence-electron chi connectivity index (χ1n) is 8.51. The Morgan fingerprint density at radius 1 is 1.03 bits per heavy atom. The fraction of sp³-hybridized carbons (Fsp3) is 0.167. The lowest BCUT2D eigenvalue weighted by Gasteiger charge is -2.20. The van der Waals surface area contributed by atoms with Crippen LogP contribution in [0.3, 0.4) is 0 Å². The Balaban J connectivity index is 1.49. The number of carbonyl (C=O) groups is 3. The number of anilines is 2. The molecule has 2 aromatic carbocycles. The second-order valence-electron chi connectivity index (χ2n) is 6.48. The van der Waals surface area contributed by atoms with Crippen molar-refractivity contribution in [2.45, 2.75) is 12.1 Å². The molecule has 2 aliphatic heterocycles. The van der Waals surface area contributed by atoms with Gasteiger partial charge in [0.2, 0.25) is 5.91 Å². The van der Waals surface area contributed by atoms with E-state index in [0.29, 0.717) is 4.90 Å². The Hall–Kier alpha value is -3.47. The smallest absolute Gasteiger partial charge is 0.263 e. The van der Waals surface area contributed by atoms with E-state index in [-0.39, 0.29) is 16.4 Å². The summed E-state index contributed by atoms with van der Waals surface area (Å²) in [5.74, 6) is -5.17. The van der Waals surface area contributed by atoms with Crippen molar-refractivity contribution in [3.63, 3.8) is 0 Å². The predicted molar refractivity (Wildman–Crippen MR) is 98.0 cm³/mol. The molecule has 2 heterocycles. The number of nitrogens with zero attached hydrogens (tertiary/aromatic N) is 4. The molecule has 1 fully saturated rings. The van der Waals surface area contributed by atoms with Crippen LogP contribution < -0.4 is 10.2 Å². The largest absolute Gasteiger partial charge is 0.324 e. The summed E-state index contributed by atoms with van der Waals surface area (Å²) in [6, 6.07) is 3.76. The van der Waals surface area contributed by atoms with E-state index < -0.39 is 53.8 Å². The van der Waals surface area contributed by atoms with Crippen LogP contribution in [0, 0.1) is 17.5 Å². The number of benzene rings is 2. The van der Waals surface area contributed by atoms with Crippen LogP contribution in [0.25, 0.3) is 0 Å². The molecule has 2 aromatic rings. The van der Waals surface area contributed by atoms with E-state index >= 15 is 0 Å². The molecule has 0 bridgehead atoms. The first-order valence-corrected chi connectivity index (χ1v) is 8.89. The molecular weight excluding hydrogens is 427 g/mol. The number of nitrogens with one attached hydrogen (secondary N) is 1. The molecule has 1 saturated heterocycles. The van der Waals surface area contributed by atoms with Gasteiger partial charge in [0, 0.05) is 11.8 Å². The summed E-state index contributed by atoms with van der Waals surface area (Å²) >= 11 is 5.66. The van der Waals surface area contributed by atoms with Crippen LogP contribution in [0.1, 0.15) is 0 Å². The van der Waals surface area contributed by atoms with Crippen LogP contribution in [0.4, 0.5) is 24.5 Å². The average Bonchev–Trinajstić information content (AvgIpc) is 3.21. The number of hydrogen-bond acceptors (Lipinski definition) is 6. The third-order valence-electron chi connectivity index (χ3n) is 4.53. The van der Waals surface area contributed by atoms with E-state index in [9.17, 15) is 27.6 Å². The van der Waals surface area contributed by atoms with E-state index in [1.807, 2.05) is 0 Å². The number of amides is 3. The lowest BCUT2D eigenvalue weighted by atomic mass is 10.1. The second-order valence-corrected chi connectivity index (χ2v) is 6.89. The van der Waals surface area contributed by atoms with Crippen molar-refractivity contribution in [2.24, 2.45) is 10.3 Å². The first kappa shape index (κ1) is 19.8. The fourth-order valence-electron chi connectivity index (χ4n) is 3.15. The van der Waals surface area contributed by atoms with Gasteiger partial charge in [-0.1, -0.05) is 16.8 Å². The van der Waals surface area contributed by atoms with Crippen molar-refractivity contribution in [1.82, 2.24) is 5.01 Å². The van der Waals surface area contributed by atoms with Crippen LogP contribution in [-0.2, 0) is 14.4 Å². The summed E-state index contributed by atoms with van der Waals surface area (Å²) < 4.78 is 39.9. The number of fused-ring (bicyclic) bond motifs is 1. The van der Waals surface area contributed by atoms with Crippen LogP contribution >= 0.6 is 11.6 Å². The average molecular weight is 438 g/mol. The maximum atomic E-state index is 13.5. The first-order chi connectivity index (χ1) is 14.3. The Bertz CT molecular complexity index is 1110. The van der Waals surface area contributed by atoms with E-state index in [1.165, 1.54) is 12.1 Å². The molecule has 12 heteroatoms. The van der Waals surface area contributed by atoms with E-state index in [0.717, 1.165) is 29.3 Å². The van der Waals surface area contributed by atoms with Gasteiger partial charge in [-0.2, -0.15) is 5.11 Å². The Morgan fingerprint density at radius 3 is 2.47 bits per heavy atom. The molecular formula is C18H11ClF3N5O3. The summed E-state index contributed by atoms with van der Waals surface area (Å²) in [5.41, 5.74) is 0.0650. The van der Waals surface area contributed by atoms with Crippen LogP contribution in [0.2, 0.25) is 5.02 Å². The topological polar surface area (TPSA) is 94.4 Å². The molecule has 1 N–H and O–H groups in total. The van der Waals surface area contributed by atoms with E-state index in [1.54, 1.807) is 0 Å². The van der Waals surface area contributed by atoms with Crippen LogP contribution in [-0.4, -0.2) is 41.4 Å². The predicted octanol–water partition coefficient (Wildman–Crippen LogP) is 2.69. The highest BCUT2D eigenvalue weighted by atomic mass is 35.5. The van der Waals surface area contributed by atoms with Gasteiger partial charge in [0.05, 0.1) is 10.7 Å². The third kappa shape index (κ3) is 3.36. The van der Waals surface area contributed by atoms with Crippen LogP contribution in [0.15, 0.2) is 46.7 Å². The van der Waals surface area contributed by atoms with Crippen LogP contribution in [0.5, 0.6) is 0 Å². The zero-order valence-electron chi connectivity index (χ0n) is 14.9. The number of rotatable bonds is 4. The molecule has 0 spiro atoms. The van der Waals surface area contributed by atoms with Crippen molar-refractivity contribution in [3.8, 4) is 0 Å². The van der Waals surface area contributed by atoms with Crippen molar-refractivity contribution < 1.29 is 27.6 Å². The van der Waals surface area contributed by atoms with Gasteiger partial charge >= 0.3 is 0 Å². The summed E-state index contributed by atoms with van der Waals surface area (Å²) in [5, 5.41) is 10.7. The quantitative estimate of drug-likeness (QED) is 0.744. The van der Waals surface area contributed by atoms with Gasteiger partial charge in [-0.15, -0.1) is 0 Å². The van der Waals surface area contributed by atoms with Gasteiger partial charge in [0.15, 0.2) is 23.7 Å².